The van der Waals surface area contributed by atoms with E-state index in [2.05, 4.69) is 28.2 Å². The number of halogens is 1. The van der Waals surface area contributed by atoms with Gasteiger partial charge in [-0.1, -0.05) is 34.5 Å². The zero-order chi connectivity index (χ0) is 14.8. The molecule has 3 heteroatoms. The van der Waals surface area contributed by atoms with Crippen molar-refractivity contribution in [1.29, 1.82) is 0 Å². The maximum atomic E-state index is 12.0. The highest BCUT2D eigenvalue weighted by Crippen LogP contribution is 2.49. The van der Waals surface area contributed by atoms with Crippen molar-refractivity contribution in [3.05, 3.63) is 40.4 Å². The van der Waals surface area contributed by atoms with Crippen molar-refractivity contribution in [1.82, 2.24) is 5.32 Å². The smallest absolute Gasteiger partial charge is 0.244 e. The predicted molar refractivity (Wildman–Crippen MR) is 89.7 cm³/mol. The Hall–Kier alpha value is -1.09. The fourth-order valence-electron chi connectivity index (χ4n) is 4.03. The molecule has 3 rings (SSSR count). The minimum atomic E-state index is 0.0215. The number of benzene rings is 1. The molecule has 2 nitrogen and oxygen atoms in total. The zero-order valence-electron chi connectivity index (χ0n) is 12.4. The zero-order valence-corrected chi connectivity index (χ0v) is 14.0. The maximum absolute atomic E-state index is 12.0. The van der Waals surface area contributed by atoms with Crippen LogP contribution in [-0.2, 0) is 4.79 Å². The minimum Gasteiger partial charge on any atom is -0.350 e. The average Bonchev–Trinajstić information content (AvgIpc) is 3.09. The first-order valence-corrected chi connectivity index (χ1v) is 8.65. The second-order valence-electron chi connectivity index (χ2n) is 6.52. The minimum absolute atomic E-state index is 0.0215. The largest absolute Gasteiger partial charge is 0.350 e. The lowest BCUT2D eigenvalue weighted by atomic mass is 9.84. The Bertz CT molecular complexity index is 537. The normalized spacial score (nSPS) is 29.0. The monoisotopic (exact) mass is 347 g/mol. The topological polar surface area (TPSA) is 29.1 Å². The van der Waals surface area contributed by atoms with Gasteiger partial charge in [-0.15, -0.1) is 0 Å². The Morgan fingerprint density at radius 3 is 2.67 bits per heavy atom. The highest BCUT2D eigenvalue weighted by molar-refractivity contribution is 9.10. The predicted octanol–water partition coefficient (Wildman–Crippen LogP) is 4.40. The van der Waals surface area contributed by atoms with Crippen molar-refractivity contribution in [3.63, 3.8) is 0 Å². The molecule has 0 aliphatic heterocycles. The van der Waals surface area contributed by atoms with Gasteiger partial charge in [0.15, 0.2) is 0 Å². The van der Waals surface area contributed by atoms with E-state index in [-0.39, 0.29) is 5.91 Å². The van der Waals surface area contributed by atoms with Gasteiger partial charge >= 0.3 is 0 Å². The Morgan fingerprint density at radius 2 is 2.05 bits per heavy atom. The van der Waals surface area contributed by atoms with E-state index >= 15 is 0 Å². The molecule has 1 aromatic rings. The molecule has 112 valence electrons. The molecule has 2 aliphatic rings. The average molecular weight is 348 g/mol. The lowest BCUT2D eigenvalue weighted by molar-refractivity contribution is -0.117. The second-order valence-corrected chi connectivity index (χ2v) is 7.44. The van der Waals surface area contributed by atoms with Crippen LogP contribution in [0.15, 0.2) is 34.8 Å². The van der Waals surface area contributed by atoms with Crippen LogP contribution in [0.4, 0.5) is 0 Å². The standard InChI is InChI=1S/C18H22BrNO/c1-12(17-11-14-2-6-15(17)10-14)20-18(21)9-5-13-3-7-16(19)8-4-13/h3-5,7-9,12,14-15,17H,2,6,10-11H2,1H3,(H,20,21)/b9-5+/t12-,14+,15+,17-/m0/s1. The third-order valence-corrected chi connectivity index (χ3v) is 5.63. The Morgan fingerprint density at radius 1 is 1.29 bits per heavy atom. The summed E-state index contributed by atoms with van der Waals surface area (Å²) in [7, 11) is 0. The Balaban J connectivity index is 1.53. The van der Waals surface area contributed by atoms with Gasteiger partial charge in [0, 0.05) is 16.6 Å². The molecule has 2 fully saturated rings. The number of amides is 1. The van der Waals surface area contributed by atoms with Gasteiger partial charge in [0.2, 0.25) is 5.91 Å². The first kappa shape index (κ1) is 14.8. The van der Waals surface area contributed by atoms with Crippen molar-refractivity contribution in [3.8, 4) is 0 Å². The number of carbonyl (C=O) groups is 1. The van der Waals surface area contributed by atoms with Crippen LogP contribution in [-0.4, -0.2) is 11.9 Å². The summed E-state index contributed by atoms with van der Waals surface area (Å²) in [5.74, 6) is 2.49. The highest BCUT2D eigenvalue weighted by Gasteiger charge is 2.41. The highest BCUT2D eigenvalue weighted by atomic mass is 79.9. The lowest BCUT2D eigenvalue weighted by Crippen LogP contribution is -2.39. The van der Waals surface area contributed by atoms with E-state index < -0.39 is 0 Å². The van der Waals surface area contributed by atoms with Crippen LogP contribution in [0.3, 0.4) is 0 Å². The van der Waals surface area contributed by atoms with Gasteiger partial charge in [-0.05, 0) is 67.7 Å². The number of hydrogen-bond acceptors (Lipinski definition) is 1. The van der Waals surface area contributed by atoms with Crippen LogP contribution in [0.5, 0.6) is 0 Å². The molecule has 0 heterocycles. The summed E-state index contributed by atoms with van der Waals surface area (Å²) in [5, 5.41) is 3.15. The van der Waals surface area contributed by atoms with E-state index in [1.165, 1.54) is 25.7 Å². The number of fused-ring (bicyclic) bond motifs is 2. The summed E-state index contributed by atoms with van der Waals surface area (Å²) in [6.45, 7) is 2.16. The van der Waals surface area contributed by atoms with Crippen molar-refractivity contribution in [2.75, 3.05) is 0 Å². The molecule has 0 saturated heterocycles. The molecule has 0 spiro atoms. The van der Waals surface area contributed by atoms with Gasteiger partial charge in [0.25, 0.3) is 0 Å². The van der Waals surface area contributed by atoms with E-state index in [0.29, 0.717) is 12.0 Å². The molecule has 4 atom stereocenters. The van der Waals surface area contributed by atoms with Crippen molar-refractivity contribution < 1.29 is 4.79 Å². The van der Waals surface area contributed by atoms with Crippen LogP contribution in [0.1, 0.15) is 38.2 Å². The van der Waals surface area contributed by atoms with Gasteiger partial charge in [-0.25, -0.2) is 0 Å². The van der Waals surface area contributed by atoms with E-state index in [4.69, 9.17) is 0 Å². The molecule has 0 unspecified atom stereocenters. The fraction of sp³-hybridized carbons (Fsp3) is 0.500. The van der Waals surface area contributed by atoms with E-state index in [9.17, 15) is 4.79 Å². The summed E-state index contributed by atoms with van der Waals surface area (Å²) in [5.41, 5.74) is 1.04. The van der Waals surface area contributed by atoms with Crippen LogP contribution in [0.2, 0.25) is 0 Å². The van der Waals surface area contributed by atoms with Crippen molar-refractivity contribution in [2.24, 2.45) is 17.8 Å². The molecule has 0 aromatic heterocycles. The van der Waals surface area contributed by atoms with Gasteiger partial charge in [0.1, 0.15) is 0 Å². The summed E-state index contributed by atoms with van der Waals surface area (Å²) in [6.07, 6.45) is 8.99. The van der Waals surface area contributed by atoms with Crippen LogP contribution in [0, 0.1) is 17.8 Å². The van der Waals surface area contributed by atoms with Crippen LogP contribution < -0.4 is 5.32 Å². The van der Waals surface area contributed by atoms with Gasteiger partial charge in [-0.2, -0.15) is 0 Å². The third-order valence-electron chi connectivity index (χ3n) is 5.10. The molecular formula is C18H22BrNO. The molecule has 2 saturated carbocycles. The second kappa shape index (κ2) is 6.35. The van der Waals surface area contributed by atoms with E-state index in [1.807, 2.05) is 30.3 Å². The Labute approximate surface area is 135 Å². The number of carbonyl (C=O) groups excluding carboxylic acids is 1. The number of rotatable bonds is 4. The summed E-state index contributed by atoms with van der Waals surface area (Å²) >= 11 is 3.41. The maximum Gasteiger partial charge on any atom is 0.244 e. The Kier molecular flexibility index (Phi) is 4.48. The quantitative estimate of drug-likeness (QED) is 0.803. The molecule has 1 amide bonds. The van der Waals surface area contributed by atoms with Crippen molar-refractivity contribution >= 4 is 27.9 Å². The first-order chi connectivity index (χ1) is 10.1. The number of hydrogen-bond donors (Lipinski definition) is 1. The molecule has 2 bridgehead atoms. The summed E-state index contributed by atoms with van der Waals surface area (Å²) in [6, 6.07) is 8.24. The molecule has 1 aromatic carbocycles. The fourth-order valence-corrected chi connectivity index (χ4v) is 4.30. The van der Waals surface area contributed by atoms with Gasteiger partial charge in [-0.3, -0.25) is 4.79 Å². The van der Waals surface area contributed by atoms with Gasteiger partial charge < -0.3 is 5.32 Å². The van der Waals surface area contributed by atoms with Crippen LogP contribution in [0.25, 0.3) is 6.08 Å². The summed E-state index contributed by atoms with van der Waals surface area (Å²) < 4.78 is 1.05. The van der Waals surface area contributed by atoms with Gasteiger partial charge in [0.05, 0.1) is 0 Å². The van der Waals surface area contributed by atoms with E-state index in [0.717, 1.165) is 21.9 Å². The third kappa shape index (κ3) is 3.57. The van der Waals surface area contributed by atoms with Crippen molar-refractivity contribution in [2.45, 2.75) is 38.6 Å². The van der Waals surface area contributed by atoms with Crippen LogP contribution >= 0.6 is 15.9 Å². The molecule has 0 radical (unpaired) electrons. The molecular weight excluding hydrogens is 326 g/mol. The number of nitrogens with one attached hydrogen (secondary N) is 1. The molecule has 21 heavy (non-hydrogen) atoms. The first-order valence-electron chi connectivity index (χ1n) is 7.86. The molecule has 2 aliphatic carbocycles. The lowest BCUT2D eigenvalue weighted by Gasteiger charge is -2.28. The summed E-state index contributed by atoms with van der Waals surface area (Å²) in [4.78, 5) is 12.0. The SMILES string of the molecule is C[C@H](NC(=O)/C=C/c1ccc(Br)cc1)[C@@H]1C[C@@H]2CC[C@@H]1C2. The molecule has 1 N–H and O–H groups in total. The van der Waals surface area contributed by atoms with E-state index in [1.54, 1.807) is 6.08 Å².